The minimum absolute atomic E-state index is 0.0678. The van der Waals surface area contributed by atoms with Crippen molar-refractivity contribution in [3.8, 4) is 11.3 Å². The van der Waals surface area contributed by atoms with Crippen LogP contribution >= 0.6 is 11.6 Å². The van der Waals surface area contributed by atoms with Gasteiger partial charge in [0.15, 0.2) is 17.0 Å². The number of hydrogen-bond donors (Lipinski definition) is 0. The molecule has 1 amide bonds. The fourth-order valence-electron chi connectivity index (χ4n) is 4.09. The molecule has 0 spiro atoms. The third kappa shape index (κ3) is 2.95. The van der Waals surface area contributed by atoms with Gasteiger partial charge in [-0.15, -0.1) is 0 Å². The van der Waals surface area contributed by atoms with Crippen LogP contribution < -0.4 is 0 Å². The summed E-state index contributed by atoms with van der Waals surface area (Å²) in [5.74, 6) is -0.528. The van der Waals surface area contributed by atoms with Crippen LogP contribution in [-0.2, 0) is 23.8 Å². The van der Waals surface area contributed by atoms with Crippen LogP contribution in [0.5, 0.6) is 0 Å². The summed E-state index contributed by atoms with van der Waals surface area (Å²) in [7, 11) is 0. The molecule has 1 aliphatic heterocycles. The summed E-state index contributed by atoms with van der Waals surface area (Å²) < 4.78 is 48.3. The second-order valence-corrected chi connectivity index (χ2v) is 7.62. The number of amides is 1. The van der Waals surface area contributed by atoms with Gasteiger partial charge < -0.3 is 9.64 Å². The molecule has 30 heavy (non-hydrogen) atoms. The van der Waals surface area contributed by atoms with Gasteiger partial charge in [0.25, 0.3) is 5.91 Å². The standard InChI is InChI=1S/C20H16ClF3N4O2/c21-14-16(19(29)27-7-9-30-10-8-27)26-28-17(20(22,23)24)13-6-5-11-3-1-2-4-12(11)15(13)25-18(14)28/h1-4H,5-10H2. The van der Waals surface area contributed by atoms with Gasteiger partial charge in [-0.05, 0) is 18.4 Å². The maximum atomic E-state index is 14.1. The summed E-state index contributed by atoms with van der Waals surface area (Å²) in [6.07, 6.45) is -4.05. The van der Waals surface area contributed by atoms with Crippen molar-refractivity contribution in [2.45, 2.75) is 19.0 Å². The highest BCUT2D eigenvalue weighted by atomic mass is 35.5. The van der Waals surface area contributed by atoms with E-state index >= 15 is 0 Å². The predicted octanol–water partition coefficient (Wildman–Crippen LogP) is 3.64. The molecule has 0 radical (unpaired) electrons. The zero-order valence-electron chi connectivity index (χ0n) is 15.7. The molecule has 2 aliphatic rings. The third-order valence-electron chi connectivity index (χ3n) is 5.49. The molecule has 1 saturated heterocycles. The van der Waals surface area contributed by atoms with Crippen LogP contribution in [0.15, 0.2) is 24.3 Å². The average molecular weight is 437 g/mol. The third-order valence-corrected chi connectivity index (χ3v) is 5.84. The van der Waals surface area contributed by atoms with Crippen molar-refractivity contribution in [1.29, 1.82) is 0 Å². The Morgan fingerprint density at radius 3 is 2.60 bits per heavy atom. The van der Waals surface area contributed by atoms with Gasteiger partial charge in [0.1, 0.15) is 5.02 Å². The van der Waals surface area contributed by atoms with Crippen LogP contribution in [0.2, 0.25) is 5.02 Å². The normalized spacial score (nSPS) is 16.5. The van der Waals surface area contributed by atoms with E-state index in [0.29, 0.717) is 42.8 Å². The van der Waals surface area contributed by atoms with E-state index in [4.69, 9.17) is 16.3 Å². The molecule has 0 saturated carbocycles. The minimum Gasteiger partial charge on any atom is -0.378 e. The first kappa shape index (κ1) is 19.3. The molecule has 2 aromatic heterocycles. The molecule has 10 heteroatoms. The highest BCUT2D eigenvalue weighted by Gasteiger charge is 2.41. The molecule has 3 heterocycles. The highest BCUT2D eigenvalue weighted by Crippen LogP contribution is 2.41. The number of carbonyl (C=O) groups is 1. The minimum atomic E-state index is -4.69. The Labute approximate surface area is 174 Å². The summed E-state index contributed by atoms with van der Waals surface area (Å²) in [5, 5.41) is 3.81. The van der Waals surface area contributed by atoms with Gasteiger partial charge in [0.2, 0.25) is 0 Å². The molecule has 0 atom stereocenters. The van der Waals surface area contributed by atoms with Crippen molar-refractivity contribution in [3.05, 3.63) is 51.8 Å². The van der Waals surface area contributed by atoms with Crippen LogP contribution in [0.4, 0.5) is 13.2 Å². The van der Waals surface area contributed by atoms with Crippen LogP contribution in [0, 0.1) is 0 Å². The van der Waals surface area contributed by atoms with Crippen molar-refractivity contribution in [3.63, 3.8) is 0 Å². The SMILES string of the molecule is O=C(c1nn2c(C(F)(F)F)c3c(nc2c1Cl)-c1ccccc1CC3)N1CCOCC1. The van der Waals surface area contributed by atoms with E-state index in [1.165, 1.54) is 4.90 Å². The number of aryl methyl sites for hydroxylation is 1. The number of nitrogens with zero attached hydrogens (tertiary/aromatic N) is 4. The lowest BCUT2D eigenvalue weighted by molar-refractivity contribution is -0.143. The first-order valence-electron chi connectivity index (χ1n) is 9.50. The lowest BCUT2D eigenvalue weighted by Crippen LogP contribution is -2.41. The van der Waals surface area contributed by atoms with E-state index in [-0.39, 0.29) is 34.0 Å². The van der Waals surface area contributed by atoms with Gasteiger partial charge >= 0.3 is 6.18 Å². The molecule has 3 aromatic rings. The number of alkyl halides is 3. The van der Waals surface area contributed by atoms with Gasteiger partial charge in [0.05, 0.1) is 18.9 Å². The second-order valence-electron chi connectivity index (χ2n) is 7.25. The molecule has 1 fully saturated rings. The number of rotatable bonds is 1. The predicted molar refractivity (Wildman–Crippen MR) is 103 cm³/mol. The summed E-state index contributed by atoms with van der Waals surface area (Å²) in [6.45, 7) is 1.36. The number of morpholine rings is 1. The molecule has 0 N–H and O–H groups in total. The lowest BCUT2D eigenvalue weighted by atomic mass is 9.88. The van der Waals surface area contributed by atoms with Crippen molar-refractivity contribution in [2.75, 3.05) is 26.3 Å². The molecule has 5 rings (SSSR count). The van der Waals surface area contributed by atoms with E-state index in [0.717, 1.165) is 5.56 Å². The molecular weight excluding hydrogens is 421 g/mol. The Balaban J connectivity index is 1.76. The van der Waals surface area contributed by atoms with E-state index < -0.39 is 17.8 Å². The van der Waals surface area contributed by atoms with E-state index in [1.807, 2.05) is 12.1 Å². The second kappa shape index (κ2) is 6.95. The molecule has 0 bridgehead atoms. The van der Waals surface area contributed by atoms with Gasteiger partial charge in [-0.25, -0.2) is 9.50 Å². The van der Waals surface area contributed by atoms with E-state index in [2.05, 4.69) is 10.1 Å². The largest absolute Gasteiger partial charge is 0.433 e. The molecular formula is C20H16ClF3N4O2. The zero-order valence-corrected chi connectivity index (χ0v) is 16.4. The fraction of sp³-hybridized carbons (Fsp3) is 0.350. The van der Waals surface area contributed by atoms with Crippen molar-refractivity contribution in [2.24, 2.45) is 0 Å². The lowest BCUT2D eigenvalue weighted by Gasteiger charge is -2.26. The first-order valence-corrected chi connectivity index (χ1v) is 9.87. The quantitative estimate of drug-likeness (QED) is 0.584. The highest BCUT2D eigenvalue weighted by molar-refractivity contribution is 6.36. The van der Waals surface area contributed by atoms with Gasteiger partial charge in [-0.1, -0.05) is 35.9 Å². The Bertz CT molecular complexity index is 1170. The van der Waals surface area contributed by atoms with E-state index in [9.17, 15) is 18.0 Å². The molecule has 156 valence electrons. The summed E-state index contributed by atoms with van der Waals surface area (Å²) in [5.41, 5.74) is 0.547. The summed E-state index contributed by atoms with van der Waals surface area (Å²) in [4.78, 5) is 18.8. The van der Waals surface area contributed by atoms with Gasteiger partial charge in [-0.3, -0.25) is 4.79 Å². The Hall–Kier alpha value is -2.65. The number of halogens is 4. The van der Waals surface area contributed by atoms with Crippen LogP contribution in [0.25, 0.3) is 16.9 Å². The maximum Gasteiger partial charge on any atom is 0.433 e. The van der Waals surface area contributed by atoms with Gasteiger partial charge in [-0.2, -0.15) is 18.3 Å². The maximum absolute atomic E-state index is 14.1. The number of aromatic nitrogens is 3. The van der Waals surface area contributed by atoms with Crippen molar-refractivity contribution < 1.29 is 22.7 Å². The number of hydrogen-bond acceptors (Lipinski definition) is 4. The van der Waals surface area contributed by atoms with Crippen molar-refractivity contribution in [1.82, 2.24) is 19.5 Å². The number of fused-ring (bicyclic) bond motifs is 4. The van der Waals surface area contributed by atoms with Crippen LogP contribution in [0.1, 0.15) is 27.3 Å². The Morgan fingerprint density at radius 2 is 1.87 bits per heavy atom. The summed E-state index contributed by atoms with van der Waals surface area (Å²) in [6, 6.07) is 7.24. The van der Waals surface area contributed by atoms with E-state index in [1.54, 1.807) is 12.1 Å². The molecule has 1 aromatic carbocycles. The smallest absolute Gasteiger partial charge is 0.378 e. The monoisotopic (exact) mass is 436 g/mol. The average Bonchev–Trinajstić information content (AvgIpc) is 3.07. The molecule has 6 nitrogen and oxygen atoms in total. The number of ether oxygens (including phenoxy) is 1. The topological polar surface area (TPSA) is 59.7 Å². The number of benzene rings is 1. The van der Waals surface area contributed by atoms with Crippen LogP contribution in [-0.4, -0.2) is 51.7 Å². The van der Waals surface area contributed by atoms with Gasteiger partial charge in [0, 0.05) is 24.2 Å². The Morgan fingerprint density at radius 1 is 1.13 bits per heavy atom. The van der Waals surface area contributed by atoms with Crippen molar-refractivity contribution >= 4 is 23.2 Å². The fourth-order valence-corrected chi connectivity index (χ4v) is 4.33. The first-order chi connectivity index (χ1) is 14.4. The number of carbonyl (C=O) groups excluding carboxylic acids is 1. The summed E-state index contributed by atoms with van der Waals surface area (Å²) >= 11 is 6.37. The Kier molecular flexibility index (Phi) is 4.48. The molecule has 0 unspecified atom stereocenters. The molecule has 1 aliphatic carbocycles. The zero-order chi connectivity index (χ0) is 21.0. The van der Waals surface area contributed by atoms with Crippen LogP contribution in [0.3, 0.4) is 0 Å².